The van der Waals surface area contributed by atoms with Crippen LogP contribution in [0.5, 0.6) is 5.75 Å². The van der Waals surface area contributed by atoms with Gasteiger partial charge in [-0.3, -0.25) is 0 Å². The second kappa shape index (κ2) is 9.01. The maximum Gasteiger partial charge on any atom is 0.119 e. The monoisotopic (exact) mass is 339 g/mol. The van der Waals surface area contributed by atoms with Crippen LogP contribution in [0, 0.1) is 0 Å². The summed E-state index contributed by atoms with van der Waals surface area (Å²) in [7, 11) is 1.70. The van der Waals surface area contributed by atoms with Crippen LogP contribution >= 0.6 is 23.2 Å². The summed E-state index contributed by atoms with van der Waals surface area (Å²) in [6.07, 6.45) is 0. The van der Waals surface area contributed by atoms with Crippen LogP contribution in [0.1, 0.15) is 11.1 Å². The zero-order chi connectivity index (χ0) is 15.8. The van der Waals surface area contributed by atoms with E-state index in [1.807, 2.05) is 36.4 Å². The Hall–Kier alpha value is -1.26. The Balaban J connectivity index is 1.82. The van der Waals surface area contributed by atoms with E-state index in [0.717, 1.165) is 24.4 Å². The molecule has 0 heterocycles. The molecule has 0 amide bonds. The van der Waals surface area contributed by atoms with Crippen LogP contribution in [0.4, 0.5) is 0 Å². The fraction of sp³-hybridized carbons (Fsp3) is 0.294. The Bertz CT molecular complexity index is 588. The van der Waals surface area contributed by atoms with Crippen molar-refractivity contribution in [2.75, 3.05) is 20.3 Å². The van der Waals surface area contributed by atoms with E-state index in [9.17, 15) is 0 Å². The highest BCUT2D eigenvalue weighted by Crippen LogP contribution is 2.23. The summed E-state index contributed by atoms with van der Waals surface area (Å²) in [4.78, 5) is 0. The average Bonchev–Trinajstić information content (AvgIpc) is 2.54. The molecule has 5 heteroatoms. The van der Waals surface area contributed by atoms with Gasteiger partial charge in [-0.1, -0.05) is 41.4 Å². The SMILES string of the molecule is COCCNCc1ccc(OCc2ccc(Cl)c(Cl)c2)cc1. The molecule has 0 radical (unpaired) electrons. The molecule has 0 saturated carbocycles. The zero-order valence-corrected chi connectivity index (χ0v) is 14.0. The van der Waals surface area contributed by atoms with Gasteiger partial charge in [-0.25, -0.2) is 0 Å². The summed E-state index contributed by atoms with van der Waals surface area (Å²) in [6.45, 7) is 2.83. The molecule has 0 aliphatic heterocycles. The number of ether oxygens (including phenoxy) is 2. The van der Waals surface area contributed by atoms with Gasteiger partial charge < -0.3 is 14.8 Å². The molecule has 2 aromatic rings. The van der Waals surface area contributed by atoms with Gasteiger partial charge >= 0.3 is 0 Å². The Morgan fingerprint density at radius 2 is 1.68 bits per heavy atom. The second-order valence-corrected chi connectivity index (χ2v) is 5.67. The fourth-order valence-corrected chi connectivity index (χ4v) is 2.23. The van der Waals surface area contributed by atoms with E-state index in [4.69, 9.17) is 32.7 Å². The van der Waals surface area contributed by atoms with Crippen LogP contribution in [0.3, 0.4) is 0 Å². The fourth-order valence-electron chi connectivity index (χ4n) is 1.91. The summed E-state index contributed by atoms with van der Waals surface area (Å²) >= 11 is 11.9. The highest BCUT2D eigenvalue weighted by atomic mass is 35.5. The highest BCUT2D eigenvalue weighted by molar-refractivity contribution is 6.42. The molecule has 0 fully saturated rings. The van der Waals surface area contributed by atoms with Gasteiger partial charge in [0, 0.05) is 20.2 Å². The van der Waals surface area contributed by atoms with Crippen molar-refractivity contribution in [3.63, 3.8) is 0 Å². The second-order valence-electron chi connectivity index (χ2n) is 4.85. The first-order valence-corrected chi connectivity index (χ1v) is 7.80. The molecule has 0 aliphatic carbocycles. The number of hydrogen-bond acceptors (Lipinski definition) is 3. The summed E-state index contributed by atoms with van der Waals surface area (Å²) in [5.41, 5.74) is 2.19. The molecule has 0 atom stereocenters. The molecular weight excluding hydrogens is 321 g/mol. The highest BCUT2D eigenvalue weighted by Gasteiger charge is 2.01. The van der Waals surface area contributed by atoms with E-state index in [-0.39, 0.29) is 0 Å². The first-order chi connectivity index (χ1) is 10.7. The van der Waals surface area contributed by atoms with Crippen molar-refractivity contribution in [1.82, 2.24) is 5.32 Å². The van der Waals surface area contributed by atoms with Crippen molar-refractivity contribution >= 4 is 23.2 Å². The molecule has 118 valence electrons. The largest absolute Gasteiger partial charge is 0.489 e. The van der Waals surface area contributed by atoms with E-state index in [1.54, 1.807) is 13.2 Å². The number of halogens is 2. The zero-order valence-electron chi connectivity index (χ0n) is 12.4. The average molecular weight is 340 g/mol. The van der Waals surface area contributed by atoms with E-state index < -0.39 is 0 Å². The molecule has 0 saturated heterocycles. The van der Waals surface area contributed by atoms with Crippen LogP contribution in [-0.2, 0) is 17.9 Å². The van der Waals surface area contributed by atoms with Crippen LogP contribution in [0.25, 0.3) is 0 Å². The lowest BCUT2D eigenvalue weighted by Gasteiger charge is -2.09. The molecule has 0 aromatic heterocycles. The van der Waals surface area contributed by atoms with Crippen molar-refractivity contribution in [2.45, 2.75) is 13.2 Å². The van der Waals surface area contributed by atoms with Crippen molar-refractivity contribution in [1.29, 1.82) is 0 Å². The van der Waals surface area contributed by atoms with Gasteiger partial charge in [0.05, 0.1) is 16.7 Å². The van der Waals surface area contributed by atoms with Gasteiger partial charge in [0.25, 0.3) is 0 Å². The maximum absolute atomic E-state index is 5.98. The Morgan fingerprint density at radius 3 is 2.36 bits per heavy atom. The summed E-state index contributed by atoms with van der Waals surface area (Å²) in [5.74, 6) is 0.826. The summed E-state index contributed by atoms with van der Waals surface area (Å²) in [6, 6.07) is 13.5. The predicted octanol–water partition coefficient (Wildman–Crippen LogP) is 4.31. The van der Waals surface area contributed by atoms with Crippen molar-refractivity contribution in [3.05, 3.63) is 63.6 Å². The lowest BCUT2D eigenvalue weighted by molar-refractivity contribution is 0.199. The molecule has 0 aliphatic rings. The minimum Gasteiger partial charge on any atom is -0.489 e. The molecule has 0 bridgehead atoms. The van der Waals surface area contributed by atoms with Crippen molar-refractivity contribution in [3.8, 4) is 5.75 Å². The standard InChI is InChI=1S/C17H19Cl2NO2/c1-21-9-8-20-11-13-2-5-15(6-3-13)22-12-14-4-7-16(18)17(19)10-14/h2-7,10,20H,8-9,11-12H2,1H3. The minimum absolute atomic E-state index is 0.461. The normalized spacial score (nSPS) is 10.7. The van der Waals surface area contributed by atoms with E-state index >= 15 is 0 Å². The molecule has 1 N–H and O–H groups in total. The number of hydrogen-bond donors (Lipinski definition) is 1. The summed E-state index contributed by atoms with van der Waals surface area (Å²) in [5, 5.41) is 4.39. The molecule has 2 aromatic carbocycles. The molecule has 22 heavy (non-hydrogen) atoms. The molecule has 0 unspecified atom stereocenters. The lowest BCUT2D eigenvalue weighted by Crippen LogP contribution is -2.18. The number of methoxy groups -OCH3 is 1. The first kappa shape index (κ1) is 17.1. The summed E-state index contributed by atoms with van der Waals surface area (Å²) < 4.78 is 10.7. The Labute approximate surface area is 141 Å². The minimum atomic E-state index is 0.461. The predicted molar refractivity (Wildman–Crippen MR) is 90.8 cm³/mol. The Morgan fingerprint density at radius 1 is 0.955 bits per heavy atom. The quantitative estimate of drug-likeness (QED) is 0.727. The third-order valence-corrected chi connectivity index (χ3v) is 3.86. The smallest absolute Gasteiger partial charge is 0.119 e. The number of rotatable bonds is 8. The molecule has 3 nitrogen and oxygen atoms in total. The topological polar surface area (TPSA) is 30.5 Å². The number of nitrogens with one attached hydrogen (secondary N) is 1. The van der Waals surface area contributed by atoms with Gasteiger partial charge in [0.2, 0.25) is 0 Å². The Kier molecular flexibility index (Phi) is 7.00. The molecule has 0 spiro atoms. The van der Waals surface area contributed by atoms with E-state index in [2.05, 4.69) is 5.32 Å². The van der Waals surface area contributed by atoms with Crippen LogP contribution in [0.2, 0.25) is 10.0 Å². The molecule has 2 rings (SSSR count). The first-order valence-electron chi connectivity index (χ1n) is 7.04. The van der Waals surface area contributed by atoms with Crippen LogP contribution in [0.15, 0.2) is 42.5 Å². The van der Waals surface area contributed by atoms with Crippen molar-refractivity contribution in [2.24, 2.45) is 0 Å². The van der Waals surface area contributed by atoms with Crippen molar-refractivity contribution < 1.29 is 9.47 Å². The van der Waals surface area contributed by atoms with Gasteiger partial charge in [0.15, 0.2) is 0 Å². The van der Waals surface area contributed by atoms with Gasteiger partial charge in [-0.05, 0) is 35.4 Å². The van der Waals surface area contributed by atoms with E-state index in [0.29, 0.717) is 23.3 Å². The molecular formula is C17H19Cl2NO2. The van der Waals surface area contributed by atoms with Gasteiger partial charge in [0.1, 0.15) is 12.4 Å². The number of benzene rings is 2. The van der Waals surface area contributed by atoms with E-state index in [1.165, 1.54) is 5.56 Å². The van der Waals surface area contributed by atoms with Gasteiger partial charge in [-0.15, -0.1) is 0 Å². The lowest BCUT2D eigenvalue weighted by atomic mass is 10.2. The van der Waals surface area contributed by atoms with Crippen LogP contribution in [-0.4, -0.2) is 20.3 Å². The van der Waals surface area contributed by atoms with Gasteiger partial charge in [-0.2, -0.15) is 0 Å². The third-order valence-electron chi connectivity index (χ3n) is 3.12. The maximum atomic E-state index is 5.98. The third kappa shape index (κ3) is 5.50. The van der Waals surface area contributed by atoms with Crippen LogP contribution < -0.4 is 10.1 Å².